The van der Waals surface area contributed by atoms with Gasteiger partial charge in [0.25, 0.3) is 0 Å². The summed E-state index contributed by atoms with van der Waals surface area (Å²) >= 11 is 0. The first-order chi connectivity index (χ1) is 9.08. The summed E-state index contributed by atoms with van der Waals surface area (Å²) in [6.07, 6.45) is 3.88. The predicted octanol–water partition coefficient (Wildman–Crippen LogP) is 1.38. The normalized spacial score (nSPS) is 13.9. The van der Waals surface area contributed by atoms with E-state index in [0.29, 0.717) is 18.2 Å². The largest absolute Gasteiger partial charge is 0.364 e. The van der Waals surface area contributed by atoms with Crippen molar-refractivity contribution in [2.45, 2.75) is 32.2 Å². The third kappa shape index (κ3) is 3.64. The molecule has 2 N–H and O–H groups in total. The fraction of sp³-hybridized carbons (Fsp3) is 0.500. The fourth-order valence-electron chi connectivity index (χ4n) is 1.73. The molecule has 2 rings (SSSR count). The van der Waals surface area contributed by atoms with Crippen LogP contribution < -0.4 is 10.6 Å². The Hall–Kier alpha value is -2.18. The van der Waals surface area contributed by atoms with E-state index >= 15 is 0 Å². The van der Waals surface area contributed by atoms with E-state index in [1.165, 1.54) is 6.20 Å². The monoisotopic (exact) mass is 264 g/mol. The average molecular weight is 264 g/mol. The molecule has 1 aliphatic carbocycles. The molecule has 0 atom stereocenters. The number of hydrogen-bond donors (Lipinski definition) is 2. The quantitative estimate of drug-likeness (QED) is 0.597. The van der Waals surface area contributed by atoms with Crippen molar-refractivity contribution in [3.63, 3.8) is 0 Å². The van der Waals surface area contributed by atoms with Crippen molar-refractivity contribution in [2.24, 2.45) is 0 Å². The van der Waals surface area contributed by atoms with Gasteiger partial charge in [-0.05, 0) is 25.8 Å². The van der Waals surface area contributed by atoms with E-state index in [-0.39, 0.29) is 23.8 Å². The molecule has 0 saturated heterocycles. The summed E-state index contributed by atoms with van der Waals surface area (Å²) in [7, 11) is 0. The number of nitrogens with zero attached hydrogens (tertiary/aromatic N) is 2. The second-order valence-corrected chi connectivity index (χ2v) is 4.60. The Morgan fingerprint density at radius 1 is 1.58 bits per heavy atom. The first-order valence-corrected chi connectivity index (χ1v) is 6.21. The number of carbonyl (C=O) groups is 1. The molecular weight excluding hydrogens is 248 g/mol. The van der Waals surface area contributed by atoms with Gasteiger partial charge in [-0.2, -0.15) is 0 Å². The van der Waals surface area contributed by atoms with E-state index in [0.717, 1.165) is 12.8 Å². The maximum atomic E-state index is 11.5. The van der Waals surface area contributed by atoms with Crippen LogP contribution >= 0.6 is 0 Å². The van der Waals surface area contributed by atoms with E-state index in [1.54, 1.807) is 13.0 Å². The van der Waals surface area contributed by atoms with Gasteiger partial charge in [-0.3, -0.25) is 14.9 Å². The number of anilines is 1. The Kier molecular flexibility index (Phi) is 3.94. The van der Waals surface area contributed by atoms with E-state index in [1.807, 2.05) is 0 Å². The van der Waals surface area contributed by atoms with Gasteiger partial charge in [0.05, 0.1) is 4.92 Å². The van der Waals surface area contributed by atoms with Crippen LogP contribution in [0.2, 0.25) is 0 Å². The highest BCUT2D eigenvalue weighted by molar-refractivity contribution is 5.77. The maximum absolute atomic E-state index is 11.5. The van der Waals surface area contributed by atoms with Crippen LogP contribution in [-0.4, -0.2) is 28.4 Å². The maximum Gasteiger partial charge on any atom is 0.314 e. The minimum Gasteiger partial charge on any atom is -0.364 e. The van der Waals surface area contributed by atoms with Crippen molar-refractivity contribution in [1.82, 2.24) is 10.3 Å². The van der Waals surface area contributed by atoms with Gasteiger partial charge in [0.1, 0.15) is 0 Å². The van der Waals surface area contributed by atoms with Crippen molar-refractivity contribution in [3.8, 4) is 0 Å². The molecule has 1 aromatic rings. The highest BCUT2D eigenvalue weighted by atomic mass is 16.6. The second kappa shape index (κ2) is 5.64. The molecule has 19 heavy (non-hydrogen) atoms. The first-order valence-electron chi connectivity index (χ1n) is 6.21. The summed E-state index contributed by atoms with van der Waals surface area (Å²) in [5, 5.41) is 16.6. The minimum absolute atomic E-state index is 0.0368. The van der Waals surface area contributed by atoms with Gasteiger partial charge in [0.15, 0.2) is 0 Å². The molecule has 7 nitrogen and oxygen atoms in total. The van der Waals surface area contributed by atoms with Gasteiger partial charge in [0, 0.05) is 30.8 Å². The Balaban J connectivity index is 1.89. The molecule has 0 bridgehead atoms. The number of nitro groups is 1. The van der Waals surface area contributed by atoms with Crippen molar-refractivity contribution in [2.75, 3.05) is 11.9 Å². The Bertz CT molecular complexity index is 500. The van der Waals surface area contributed by atoms with Crippen molar-refractivity contribution in [3.05, 3.63) is 27.9 Å². The lowest BCUT2D eigenvalue weighted by Crippen LogP contribution is -2.27. The van der Waals surface area contributed by atoms with Gasteiger partial charge >= 0.3 is 5.69 Å². The lowest BCUT2D eigenvalue weighted by molar-refractivity contribution is -0.384. The highest BCUT2D eigenvalue weighted by Gasteiger charge is 2.23. The zero-order valence-electron chi connectivity index (χ0n) is 10.7. The van der Waals surface area contributed by atoms with Crippen LogP contribution in [0, 0.1) is 17.0 Å². The Morgan fingerprint density at radius 3 is 2.95 bits per heavy atom. The summed E-state index contributed by atoms with van der Waals surface area (Å²) in [6, 6.07) is 1.92. The molecule has 0 aromatic carbocycles. The van der Waals surface area contributed by atoms with Crippen molar-refractivity contribution in [1.29, 1.82) is 0 Å². The number of rotatable bonds is 6. The molecule has 1 aromatic heterocycles. The number of aromatic nitrogens is 1. The zero-order valence-corrected chi connectivity index (χ0v) is 10.7. The lowest BCUT2D eigenvalue weighted by atomic mass is 10.2. The molecule has 1 saturated carbocycles. The molecule has 1 amide bonds. The van der Waals surface area contributed by atoms with E-state index in [2.05, 4.69) is 15.6 Å². The fourth-order valence-corrected chi connectivity index (χ4v) is 1.73. The molecule has 1 fully saturated rings. The van der Waals surface area contributed by atoms with Crippen molar-refractivity contribution < 1.29 is 9.72 Å². The Morgan fingerprint density at radius 2 is 2.32 bits per heavy atom. The van der Waals surface area contributed by atoms with E-state index in [9.17, 15) is 14.9 Å². The molecule has 0 unspecified atom stereocenters. The molecule has 0 spiro atoms. The predicted molar refractivity (Wildman–Crippen MR) is 69.9 cm³/mol. The number of hydrogen-bond acceptors (Lipinski definition) is 5. The summed E-state index contributed by atoms with van der Waals surface area (Å²) in [5.41, 5.74) is 0.509. The molecule has 7 heteroatoms. The number of pyridine rings is 1. The lowest BCUT2D eigenvalue weighted by Gasteiger charge is -2.07. The van der Waals surface area contributed by atoms with Crippen LogP contribution in [0.25, 0.3) is 0 Å². The molecule has 0 aliphatic heterocycles. The van der Waals surface area contributed by atoms with Crippen LogP contribution in [0.1, 0.15) is 24.8 Å². The van der Waals surface area contributed by atoms with Gasteiger partial charge in [-0.15, -0.1) is 0 Å². The summed E-state index contributed by atoms with van der Waals surface area (Å²) < 4.78 is 0. The number of nitrogens with one attached hydrogen (secondary N) is 2. The van der Waals surface area contributed by atoms with Crippen LogP contribution in [0.15, 0.2) is 12.3 Å². The number of carbonyl (C=O) groups excluding carboxylic acids is 1. The standard InChI is InChI=1S/C12H16N4O3/c1-8-4-6-13-12(11(8)16(18)19)14-7-5-10(17)15-9-2-3-9/h4,6,9H,2-3,5,7H2,1H3,(H,13,14)(H,15,17). The van der Waals surface area contributed by atoms with Gasteiger partial charge in [0.2, 0.25) is 11.7 Å². The van der Waals surface area contributed by atoms with Gasteiger partial charge < -0.3 is 10.6 Å². The van der Waals surface area contributed by atoms with Gasteiger partial charge in [-0.25, -0.2) is 4.98 Å². The number of amides is 1. The third-order valence-corrected chi connectivity index (χ3v) is 2.90. The molecule has 1 heterocycles. The van der Waals surface area contributed by atoms with Gasteiger partial charge in [-0.1, -0.05) is 0 Å². The van der Waals surface area contributed by atoms with E-state index in [4.69, 9.17) is 0 Å². The SMILES string of the molecule is Cc1ccnc(NCCC(=O)NC2CC2)c1[N+](=O)[O-]. The summed E-state index contributed by atoms with van der Waals surface area (Å²) in [6.45, 7) is 1.99. The highest BCUT2D eigenvalue weighted by Crippen LogP contribution is 2.25. The first kappa shape index (κ1) is 13.3. The van der Waals surface area contributed by atoms with Crippen molar-refractivity contribution >= 4 is 17.4 Å². The second-order valence-electron chi connectivity index (χ2n) is 4.60. The van der Waals surface area contributed by atoms with Crippen LogP contribution in [0.4, 0.5) is 11.5 Å². The topological polar surface area (TPSA) is 97.2 Å². The van der Waals surface area contributed by atoms with Crippen LogP contribution in [-0.2, 0) is 4.79 Å². The minimum atomic E-state index is -0.463. The van der Waals surface area contributed by atoms with Crippen LogP contribution in [0.3, 0.4) is 0 Å². The summed E-state index contributed by atoms with van der Waals surface area (Å²) in [5.74, 6) is 0.175. The molecule has 102 valence electrons. The average Bonchev–Trinajstić information content (AvgIpc) is 3.12. The molecule has 0 radical (unpaired) electrons. The van der Waals surface area contributed by atoms with Crippen LogP contribution in [0.5, 0.6) is 0 Å². The zero-order chi connectivity index (χ0) is 13.8. The smallest absolute Gasteiger partial charge is 0.314 e. The number of aryl methyl sites for hydroxylation is 1. The summed E-state index contributed by atoms with van der Waals surface area (Å²) in [4.78, 5) is 25.9. The molecule has 1 aliphatic rings. The Labute approximate surface area is 110 Å². The van der Waals surface area contributed by atoms with E-state index < -0.39 is 4.92 Å². The third-order valence-electron chi connectivity index (χ3n) is 2.90. The molecular formula is C12H16N4O3.